The van der Waals surface area contributed by atoms with Crippen molar-refractivity contribution in [3.05, 3.63) is 48.0 Å². The topological polar surface area (TPSA) is 66.7 Å². The van der Waals surface area contributed by atoms with Crippen LogP contribution in [0.2, 0.25) is 0 Å². The molecule has 0 amide bonds. The number of nitrogens with zero attached hydrogens (tertiary/aromatic N) is 4. The fraction of sp³-hybridized carbons (Fsp3) is 0.545. The second-order valence-corrected chi connectivity index (χ2v) is 7.49. The van der Waals surface area contributed by atoms with Crippen LogP contribution in [0, 0.1) is 5.82 Å². The van der Waals surface area contributed by atoms with Gasteiger partial charge < -0.3 is 20.3 Å². The molecule has 0 unspecified atom stereocenters. The van der Waals surface area contributed by atoms with Crippen molar-refractivity contribution in [2.24, 2.45) is 4.99 Å². The van der Waals surface area contributed by atoms with E-state index in [0.717, 1.165) is 69.4 Å². The monoisotopic (exact) mass is 416 g/mol. The normalized spacial score (nSPS) is 16.0. The summed E-state index contributed by atoms with van der Waals surface area (Å²) in [5.41, 5.74) is 1.81. The summed E-state index contributed by atoms with van der Waals surface area (Å²) < 4.78 is 20.0. The number of ether oxygens (including phenoxy) is 1. The zero-order valence-electron chi connectivity index (χ0n) is 18.0. The fourth-order valence-electron chi connectivity index (χ4n) is 3.55. The lowest BCUT2D eigenvalue weighted by Gasteiger charge is -2.32. The van der Waals surface area contributed by atoms with Crippen molar-refractivity contribution in [3.8, 4) is 5.69 Å². The van der Waals surface area contributed by atoms with Crippen molar-refractivity contribution < 1.29 is 9.13 Å². The van der Waals surface area contributed by atoms with E-state index >= 15 is 0 Å². The van der Waals surface area contributed by atoms with Crippen molar-refractivity contribution in [1.82, 2.24) is 25.3 Å². The first-order valence-electron chi connectivity index (χ1n) is 10.7. The van der Waals surface area contributed by atoms with Crippen molar-refractivity contribution in [2.45, 2.75) is 32.2 Å². The van der Waals surface area contributed by atoms with Gasteiger partial charge in [-0.15, -0.1) is 0 Å². The van der Waals surface area contributed by atoms with E-state index in [-0.39, 0.29) is 5.82 Å². The fourth-order valence-corrected chi connectivity index (χ4v) is 3.55. The van der Waals surface area contributed by atoms with Crippen LogP contribution >= 0.6 is 0 Å². The molecule has 30 heavy (non-hydrogen) atoms. The lowest BCUT2D eigenvalue weighted by molar-refractivity contribution is 0.128. The molecule has 1 aromatic heterocycles. The standard InChI is InChI=1S/C22H33FN6O/c1-3-24-22(26-19-9-13-28(14-10-19)16-17-30-2)25-12-8-20-11-15-29(27-20)21-6-4-18(23)5-7-21/h4-7,11,15,19H,3,8-10,12-14,16-17H2,1-2H3,(H2,24,25,26). The van der Waals surface area contributed by atoms with Gasteiger partial charge in [0.05, 0.1) is 18.0 Å². The van der Waals surface area contributed by atoms with Crippen LogP contribution in [0.4, 0.5) is 4.39 Å². The molecule has 1 fully saturated rings. The van der Waals surface area contributed by atoms with E-state index in [4.69, 9.17) is 9.73 Å². The molecule has 2 N–H and O–H groups in total. The number of aliphatic imine (C=N–C) groups is 1. The molecule has 0 spiro atoms. The number of benzene rings is 1. The average Bonchev–Trinajstić information content (AvgIpc) is 3.23. The third kappa shape index (κ3) is 6.81. The first-order chi connectivity index (χ1) is 14.7. The Morgan fingerprint density at radius 1 is 1.23 bits per heavy atom. The number of hydrogen-bond acceptors (Lipinski definition) is 4. The van der Waals surface area contributed by atoms with Crippen molar-refractivity contribution in [2.75, 3.05) is 46.4 Å². The zero-order chi connectivity index (χ0) is 21.2. The molecule has 0 saturated carbocycles. The van der Waals surface area contributed by atoms with Crippen LogP contribution in [0.3, 0.4) is 0 Å². The van der Waals surface area contributed by atoms with Gasteiger partial charge in [-0.2, -0.15) is 5.10 Å². The summed E-state index contributed by atoms with van der Waals surface area (Å²) in [4.78, 5) is 7.17. The van der Waals surface area contributed by atoms with Gasteiger partial charge in [-0.1, -0.05) is 0 Å². The average molecular weight is 417 g/mol. The minimum atomic E-state index is -0.246. The minimum Gasteiger partial charge on any atom is -0.383 e. The molecule has 164 valence electrons. The van der Waals surface area contributed by atoms with E-state index in [1.807, 2.05) is 12.3 Å². The molecule has 8 heteroatoms. The summed E-state index contributed by atoms with van der Waals surface area (Å²) >= 11 is 0. The second-order valence-electron chi connectivity index (χ2n) is 7.49. The Hall–Kier alpha value is -2.45. The smallest absolute Gasteiger partial charge is 0.191 e. The zero-order valence-corrected chi connectivity index (χ0v) is 18.0. The van der Waals surface area contributed by atoms with Crippen molar-refractivity contribution >= 4 is 5.96 Å². The molecule has 3 rings (SSSR count). The maximum Gasteiger partial charge on any atom is 0.191 e. The predicted molar refractivity (Wildman–Crippen MR) is 118 cm³/mol. The van der Waals surface area contributed by atoms with Gasteiger partial charge in [-0.05, 0) is 50.1 Å². The van der Waals surface area contributed by atoms with Crippen molar-refractivity contribution in [3.63, 3.8) is 0 Å². The Labute approximate surface area is 178 Å². The Kier molecular flexibility index (Phi) is 8.65. The van der Waals surface area contributed by atoms with Crippen molar-refractivity contribution in [1.29, 1.82) is 0 Å². The number of guanidine groups is 1. The van der Waals surface area contributed by atoms with Gasteiger partial charge in [-0.25, -0.2) is 9.07 Å². The Balaban J connectivity index is 1.47. The number of methoxy groups -OCH3 is 1. The number of piperidine rings is 1. The van der Waals surface area contributed by atoms with Gasteiger partial charge in [0.15, 0.2) is 5.96 Å². The van der Waals surface area contributed by atoms with Gasteiger partial charge in [0.25, 0.3) is 0 Å². The summed E-state index contributed by atoms with van der Waals surface area (Å²) in [6.45, 7) is 7.53. The highest BCUT2D eigenvalue weighted by molar-refractivity contribution is 5.80. The number of nitrogens with one attached hydrogen (secondary N) is 2. The first kappa shape index (κ1) is 22.2. The molecule has 1 saturated heterocycles. The Morgan fingerprint density at radius 3 is 2.70 bits per heavy atom. The van der Waals surface area contributed by atoms with Crippen LogP contribution in [0.5, 0.6) is 0 Å². The lowest BCUT2D eigenvalue weighted by atomic mass is 10.1. The molecule has 1 aliphatic heterocycles. The molecule has 0 atom stereocenters. The number of hydrogen-bond donors (Lipinski definition) is 2. The highest BCUT2D eigenvalue weighted by Gasteiger charge is 2.19. The van der Waals surface area contributed by atoms with E-state index < -0.39 is 0 Å². The number of aromatic nitrogens is 2. The number of likely N-dealkylation sites (tertiary alicyclic amines) is 1. The first-order valence-corrected chi connectivity index (χ1v) is 10.7. The molecule has 0 bridgehead atoms. The van der Waals surface area contributed by atoms with Crippen LogP contribution in [-0.2, 0) is 11.2 Å². The van der Waals surface area contributed by atoms with Crippen LogP contribution in [0.1, 0.15) is 25.5 Å². The third-order valence-corrected chi connectivity index (χ3v) is 5.26. The SMILES string of the molecule is CCNC(=NCCc1ccn(-c2ccc(F)cc2)n1)NC1CCN(CCOC)CC1. The Bertz CT molecular complexity index is 783. The van der Waals surface area contributed by atoms with Gasteiger partial charge in [0, 0.05) is 58.5 Å². The van der Waals surface area contributed by atoms with Crippen LogP contribution in [0.15, 0.2) is 41.5 Å². The van der Waals surface area contributed by atoms with Crippen LogP contribution in [-0.4, -0.2) is 73.1 Å². The molecule has 0 aliphatic carbocycles. The molecule has 7 nitrogen and oxygen atoms in total. The summed E-state index contributed by atoms with van der Waals surface area (Å²) in [5.74, 6) is 0.621. The van der Waals surface area contributed by atoms with Gasteiger partial charge in [0.1, 0.15) is 5.82 Å². The van der Waals surface area contributed by atoms with Gasteiger partial charge >= 0.3 is 0 Å². The molecule has 0 radical (unpaired) electrons. The van der Waals surface area contributed by atoms with E-state index in [0.29, 0.717) is 12.6 Å². The summed E-state index contributed by atoms with van der Waals surface area (Å²) in [7, 11) is 1.75. The third-order valence-electron chi connectivity index (χ3n) is 5.26. The highest BCUT2D eigenvalue weighted by atomic mass is 19.1. The molecule has 2 aromatic rings. The number of halogens is 1. The van der Waals surface area contributed by atoms with Crippen LogP contribution < -0.4 is 10.6 Å². The quantitative estimate of drug-likeness (QED) is 0.485. The summed E-state index contributed by atoms with van der Waals surface area (Å²) in [6, 6.07) is 8.75. The maximum absolute atomic E-state index is 13.1. The molecular formula is C22H33FN6O. The van der Waals surface area contributed by atoms with E-state index in [2.05, 4.69) is 27.6 Å². The van der Waals surface area contributed by atoms with Crippen LogP contribution in [0.25, 0.3) is 5.69 Å². The minimum absolute atomic E-state index is 0.246. The predicted octanol–water partition coefficient (Wildman–Crippen LogP) is 2.22. The van der Waals surface area contributed by atoms with E-state index in [1.54, 1.807) is 23.9 Å². The molecule has 1 aliphatic rings. The molecule has 2 heterocycles. The Morgan fingerprint density at radius 2 is 2.00 bits per heavy atom. The lowest BCUT2D eigenvalue weighted by Crippen LogP contribution is -2.49. The maximum atomic E-state index is 13.1. The van der Waals surface area contributed by atoms with Gasteiger partial charge in [-0.3, -0.25) is 4.99 Å². The van der Waals surface area contributed by atoms with E-state index in [1.165, 1.54) is 12.1 Å². The largest absolute Gasteiger partial charge is 0.383 e. The molecule has 1 aromatic carbocycles. The molecular weight excluding hydrogens is 383 g/mol. The van der Waals surface area contributed by atoms with E-state index in [9.17, 15) is 4.39 Å². The second kappa shape index (κ2) is 11.7. The summed E-state index contributed by atoms with van der Waals surface area (Å²) in [5, 5.41) is 11.5. The highest BCUT2D eigenvalue weighted by Crippen LogP contribution is 2.11. The number of rotatable bonds is 9. The summed E-state index contributed by atoms with van der Waals surface area (Å²) in [6.07, 6.45) is 4.86. The van der Waals surface area contributed by atoms with Gasteiger partial charge in [0.2, 0.25) is 0 Å².